The minimum Gasteiger partial charge on any atom is -0.365 e. The zero-order valence-electron chi connectivity index (χ0n) is 14.1. The van der Waals surface area contributed by atoms with E-state index in [0.29, 0.717) is 6.54 Å². The first-order valence-corrected chi connectivity index (χ1v) is 8.18. The standard InChI is InChI=1S/C21H22N2O/c1-16(17-8-4-3-5-9-17)22-21(24)15-23(2)20-13-12-18-10-6-7-11-19(18)14-20/h3-14,16H,15H2,1-2H3,(H,22,24). The van der Waals surface area contributed by atoms with Crippen LogP contribution in [0.4, 0.5) is 5.69 Å². The number of benzene rings is 3. The Morgan fingerprint density at radius 1 is 0.958 bits per heavy atom. The van der Waals surface area contributed by atoms with Gasteiger partial charge in [0.15, 0.2) is 0 Å². The van der Waals surface area contributed by atoms with E-state index in [-0.39, 0.29) is 11.9 Å². The van der Waals surface area contributed by atoms with E-state index in [1.807, 2.05) is 61.3 Å². The second-order valence-corrected chi connectivity index (χ2v) is 6.09. The van der Waals surface area contributed by atoms with Crippen molar-refractivity contribution in [1.82, 2.24) is 5.32 Å². The van der Waals surface area contributed by atoms with Gasteiger partial charge in [-0.2, -0.15) is 0 Å². The van der Waals surface area contributed by atoms with Crippen molar-refractivity contribution in [3.8, 4) is 0 Å². The van der Waals surface area contributed by atoms with Crippen molar-refractivity contribution in [2.75, 3.05) is 18.5 Å². The molecule has 1 N–H and O–H groups in total. The molecule has 1 amide bonds. The van der Waals surface area contributed by atoms with Crippen LogP contribution in [-0.2, 0) is 4.79 Å². The number of nitrogens with one attached hydrogen (secondary N) is 1. The first-order chi connectivity index (χ1) is 11.6. The summed E-state index contributed by atoms with van der Waals surface area (Å²) in [6.07, 6.45) is 0. The van der Waals surface area contributed by atoms with Crippen LogP contribution in [0.3, 0.4) is 0 Å². The molecular formula is C21H22N2O. The Hall–Kier alpha value is -2.81. The van der Waals surface area contributed by atoms with Gasteiger partial charge in [-0.05, 0) is 35.4 Å². The van der Waals surface area contributed by atoms with Crippen molar-refractivity contribution >= 4 is 22.4 Å². The van der Waals surface area contributed by atoms with Gasteiger partial charge in [0.05, 0.1) is 12.6 Å². The maximum atomic E-state index is 12.3. The van der Waals surface area contributed by atoms with Crippen LogP contribution in [0.1, 0.15) is 18.5 Å². The average Bonchev–Trinajstić information content (AvgIpc) is 2.61. The number of fused-ring (bicyclic) bond motifs is 1. The first kappa shape index (κ1) is 16.1. The molecule has 0 spiro atoms. The topological polar surface area (TPSA) is 32.3 Å². The Morgan fingerprint density at radius 2 is 1.62 bits per heavy atom. The molecule has 1 atom stereocenters. The third-order valence-corrected chi connectivity index (χ3v) is 4.23. The molecule has 0 radical (unpaired) electrons. The van der Waals surface area contributed by atoms with Crippen molar-refractivity contribution in [2.45, 2.75) is 13.0 Å². The minimum atomic E-state index is 0.00343. The van der Waals surface area contributed by atoms with Crippen LogP contribution in [0.2, 0.25) is 0 Å². The van der Waals surface area contributed by atoms with E-state index >= 15 is 0 Å². The number of amides is 1. The van der Waals surface area contributed by atoms with Crippen LogP contribution in [0, 0.1) is 0 Å². The molecular weight excluding hydrogens is 296 g/mol. The summed E-state index contributed by atoms with van der Waals surface area (Å²) >= 11 is 0. The smallest absolute Gasteiger partial charge is 0.239 e. The summed E-state index contributed by atoms with van der Waals surface area (Å²) in [6, 6.07) is 24.5. The molecule has 0 aliphatic heterocycles. The van der Waals surface area contributed by atoms with Crippen molar-refractivity contribution in [1.29, 1.82) is 0 Å². The molecule has 3 rings (SSSR count). The van der Waals surface area contributed by atoms with E-state index in [0.717, 1.165) is 11.3 Å². The minimum absolute atomic E-state index is 0.00343. The van der Waals surface area contributed by atoms with Crippen LogP contribution in [0.25, 0.3) is 10.8 Å². The summed E-state index contributed by atoms with van der Waals surface area (Å²) in [4.78, 5) is 14.3. The van der Waals surface area contributed by atoms with Crippen molar-refractivity contribution in [3.63, 3.8) is 0 Å². The van der Waals surface area contributed by atoms with E-state index in [4.69, 9.17) is 0 Å². The fraction of sp³-hybridized carbons (Fsp3) is 0.190. The van der Waals surface area contributed by atoms with Gasteiger partial charge in [0.25, 0.3) is 0 Å². The molecule has 3 nitrogen and oxygen atoms in total. The van der Waals surface area contributed by atoms with Crippen LogP contribution < -0.4 is 10.2 Å². The Kier molecular flexibility index (Phi) is 4.80. The third-order valence-electron chi connectivity index (χ3n) is 4.23. The molecule has 0 aliphatic carbocycles. The number of carbonyl (C=O) groups excluding carboxylic acids is 1. The van der Waals surface area contributed by atoms with Crippen LogP contribution >= 0.6 is 0 Å². The number of likely N-dealkylation sites (N-methyl/N-ethyl adjacent to an activating group) is 1. The highest BCUT2D eigenvalue weighted by molar-refractivity contribution is 5.87. The van der Waals surface area contributed by atoms with Gasteiger partial charge >= 0.3 is 0 Å². The molecule has 0 aromatic heterocycles. The zero-order chi connectivity index (χ0) is 16.9. The lowest BCUT2D eigenvalue weighted by Crippen LogP contribution is -2.36. The van der Waals surface area contributed by atoms with E-state index < -0.39 is 0 Å². The van der Waals surface area contributed by atoms with Gasteiger partial charge in [-0.1, -0.05) is 60.7 Å². The van der Waals surface area contributed by atoms with Crippen molar-refractivity contribution < 1.29 is 4.79 Å². The third kappa shape index (κ3) is 3.74. The summed E-state index contributed by atoms with van der Waals surface area (Å²) in [5.74, 6) is 0.0158. The normalized spacial score (nSPS) is 11.9. The highest BCUT2D eigenvalue weighted by Crippen LogP contribution is 2.21. The lowest BCUT2D eigenvalue weighted by Gasteiger charge is -2.21. The molecule has 122 valence electrons. The molecule has 0 heterocycles. The number of anilines is 1. The highest BCUT2D eigenvalue weighted by atomic mass is 16.2. The fourth-order valence-electron chi connectivity index (χ4n) is 2.83. The van der Waals surface area contributed by atoms with E-state index in [1.165, 1.54) is 10.8 Å². The van der Waals surface area contributed by atoms with E-state index in [2.05, 4.69) is 35.6 Å². The SMILES string of the molecule is CC(NC(=O)CN(C)c1ccc2ccccc2c1)c1ccccc1. The maximum absolute atomic E-state index is 12.3. The largest absolute Gasteiger partial charge is 0.365 e. The zero-order valence-corrected chi connectivity index (χ0v) is 14.1. The number of carbonyl (C=O) groups is 1. The number of hydrogen-bond acceptors (Lipinski definition) is 2. The number of rotatable bonds is 5. The van der Waals surface area contributed by atoms with Crippen molar-refractivity contribution in [3.05, 3.63) is 78.4 Å². The Morgan fingerprint density at radius 3 is 2.38 bits per heavy atom. The summed E-state index contributed by atoms with van der Waals surface area (Å²) in [6.45, 7) is 2.33. The quantitative estimate of drug-likeness (QED) is 0.766. The van der Waals surface area contributed by atoms with Crippen LogP contribution in [-0.4, -0.2) is 19.5 Å². The monoisotopic (exact) mass is 318 g/mol. The van der Waals surface area contributed by atoms with Gasteiger partial charge in [-0.15, -0.1) is 0 Å². The molecule has 0 saturated heterocycles. The second kappa shape index (κ2) is 7.18. The summed E-state index contributed by atoms with van der Waals surface area (Å²) < 4.78 is 0. The molecule has 3 aromatic carbocycles. The lowest BCUT2D eigenvalue weighted by molar-refractivity contribution is -0.120. The molecule has 0 aliphatic rings. The van der Waals surface area contributed by atoms with E-state index in [9.17, 15) is 4.79 Å². The summed E-state index contributed by atoms with van der Waals surface area (Å²) in [5, 5.41) is 5.44. The number of nitrogens with zero attached hydrogens (tertiary/aromatic N) is 1. The lowest BCUT2D eigenvalue weighted by atomic mass is 10.1. The molecule has 3 aromatic rings. The molecule has 1 unspecified atom stereocenters. The molecule has 3 heteroatoms. The molecule has 0 fully saturated rings. The van der Waals surface area contributed by atoms with Gasteiger partial charge in [0.2, 0.25) is 5.91 Å². The van der Waals surface area contributed by atoms with Crippen LogP contribution in [0.5, 0.6) is 0 Å². The van der Waals surface area contributed by atoms with Gasteiger partial charge in [0.1, 0.15) is 0 Å². The summed E-state index contributed by atoms with van der Waals surface area (Å²) in [5.41, 5.74) is 2.15. The maximum Gasteiger partial charge on any atom is 0.239 e. The van der Waals surface area contributed by atoms with Crippen LogP contribution in [0.15, 0.2) is 72.8 Å². The van der Waals surface area contributed by atoms with Gasteiger partial charge < -0.3 is 10.2 Å². The van der Waals surface area contributed by atoms with Gasteiger partial charge in [0, 0.05) is 12.7 Å². The molecule has 0 saturated carbocycles. The molecule has 0 bridgehead atoms. The predicted octanol–water partition coefficient (Wildman–Crippen LogP) is 4.15. The fourth-order valence-corrected chi connectivity index (χ4v) is 2.83. The Balaban J connectivity index is 1.64. The van der Waals surface area contributed by atoms with Crippen molar-refractivity contribution in [2.24, 2.45) is 0 Å². The van der Waals surface area contributed by atoms with Gasteiger partial charge in [-0.3, -0.25) is 4.79 Å². The molecule has 24 heavy (non-hydrogen) atoms. The highest BCUT2D eigenvalue weighted by Gasteiger charge is 2.12. The Bertz CT molecular complexity index is 829. The average molecular weight is 318 g/mol. The predicted molar refractivity (Wildman–Crippen MR) is 100 cm³/mol. The first-order valence-electron chi connectivity index (χ1n) is 8.18. The number of hydrogen-bond donors (Lipinski definition) is 1. The van der Waals surface area contributed by atoms with Gasteiger partial charge in [-0.25, -0.2) is 0 Å². The summed E-state index contributed by atoms with van der Waals surface area (Å²) in [7, 11) is 1.94. The second-order valence-electron chi connectivity index (χ2n) is 6.09. The Labute approximate surface area is 142 Å². The van der Waals surface area contributed by atoms with E-state index in [1.54, 1.807) is 0 Å².